The summed E-state index contributed by atoms with van der Waals surface area (Å²) in [6.07, 6.45) is 1.27. The number of fused-ring (bicyclic) bond motifs is 1. The molecule has 0 aliphatic heterocycles. The Morgan fingerprint density at radius 3 is 2.68 bits per heavy atom. The molecule has 3 heteroatoms. The number of benzene rings is 2. The highest BCUT2D eigenvalue weighted by molar-refractivity contribution is 5.86. The summed E-state index contributed by atoms with van der Waals surface area (Å²) in [4.78, 5) is 13.7. The van der Waals surface area contributed by atoms with Crippen LogP contribution in [0.15, 0.2) is 42.5 Å². The summed E-state index contributed by atoms with van der Waals surface area (Å²) in [6.45, 7) is 1.21. The predicted octanol–water partition coefficient (Wildman–Crippen LogP) is 2.54. The Hall–Kier alpha value is -1.87. The van der Waals surface area contributed by atoms with Crippen LogP contribution in [0.4, 0.5) is 0 Å². The minimum Gasteiger partial charge on any atom is -0.341 e. The van der Waals surface area contributed by atoms with Crippen LogP contribution in [0.5, 0.6) is 0 Å². The number of hydrogen-bond acceptors (Lipinski definition) is 2. The number of carbonyl (C=O) groups is 1. The maximum atomic E-state index is 11.9. The van der Waals surface area contributed by atoms with Crippen LogP contribution in [0, 0.1) is 0 Å². The topological polar surface area (TPSA) is 46.3 Å². The van der Waals surface area contributed by atoms with E-state index >= 15 is 0 Å². The average Bonchev–Trinajstić information content (AvgIpc) is 2.45. The molecule has 0 aromatic heterocycles. The van der Waals surface area contributed by atoms with Gasteiger partial charge in [0.25, 0.3) is 0 Å². The number of nitrogens with zero attached hydrogens (tertiary/aromatic N) is 1. The van der Waals surface area contributed by atoms with Crippen LogP contribution in [-0.2, 0) is 11.3 Å². The molecule has 19 heavy (non-hydrogen) atoms. The van der Waals surface area contributed by atoms with Gasteiger partial charge in [0.2, 0.25) is 5.91 Å². The molecule has 3 nitrogen and oxygen atoms in total. The van der Waals surface area contributed by atoms with Crippen molar-refractivity contribution in [2.45, 2.75) is 19.4 Å². The first kappa shape index (κ1) is 13.6. The van der Waals surface area contributed by atoms with Crippen LogP contribution in [-0.4, -0.2) is 24.4 Å². The summed E-state index contributed by atoms with van der Waals surface area (Å²) in [5, 5.41) is 2.42. The number of rotatable bonds is 5. The van der Waals surface area contributed by atoms with Crippen molar-refractivity contribution in [3.63, 3.8) is 0 Å². The van der Waals surface area contributed by atoms with Gasteiger partial charge in [-0.3, -0.25) is 4.79 Å². The van der Waals surface area contributed by atoms with Crippen LogP contribution >= 0.6 is 0 Å². The van der Waals surface area contributed by atoms with Gasteiger partial charge in [-0.05, 0) is 29.3 Å². The molecule has 100 valence electrons. The Kier molecular flexibility index (Phi) is 4.53. The second-order valence-electron chi connectivity index (χ2n) is 4.78. The molecule has 1 amide bonds. The van der Waals surface area contributed by atoms with Gasteiger partial charge in [0, 0.05) is 20.0 Å². The monoisotopic (exact) mass is 256 g/mol. The fourth-order valence-corrected chi connectivity index (χ4v) is 2.22. The third-order valence-electron chi connectivity index (χ3n) is 3.31. The number of amides is 1. The van der Waals surface area contributed by atoms with Gasteiger partial charge in [-0.15, -0.1) is 0 Å². The van der Waals surface area contributed by atoms with E-state index in [2.05, 4.69) is 24.3 Å². The fraction of sp³-hybridized carbons (Fsp3) is 0.312. The third kappa shape index (κ3) is 3.32. The van der Waals surface area contributed by atoms with Gasteiger partial charge < -0.3 is 10.6 Å². The van der Waals surface area contributed by atoms with Crippen molar-refractivity contribution in [3.8, 4) is 0 Å². The van der Waals surface area contributed by atoms with Crippen molar-refractivity contribution in [2.24, 2.45) is 5.73 Å². The van der Waals surface area contributed by atoms with Gasteiger partial charge in [0.05, 0.1) is 0 Å². The first-order valence-corrected chi connectivity index (χ1v) is 6.63. The van der Waals surface area contributed by atoms with Crippen molar-refractivity contribution >= 4 is 16.7 Å². The van der Waals surface area contributed by atoms with Crippen molar-refractivity contribution in [1.82, 2.24) is 4.90 Å². The summed E-state index contributed by atoms with van der Waals surface area (Å²) in [7, 11) is 1.85. The second kappa shape index (κ2) is 6.34. The molecule has 2 aromatic rings. The lowest BCUT2D eigenvalue weighted by atomic mass is 10.0. The van der Waals surface area contributed by atoms with E-state index in [0.717, 1.165) is 6.42 Å². The maximum Gasteiger partial charge on any atom is 0.222 e. The van der Waals surface area contributed by atoms with E-state index in [4.69, 9.17) is 5.73 Å². The van der Waals surface area contributed by atoms with E-state index < -0.39 is 0 Å². The average molecular weight is 256 g/mol. The molecular formula is C16H20N2O. The van der Waals surface area contributed by atoms with Gasteiger partial charge in [0.1, 0.15) is 0 Å². The molecule has 0 fully saturated rings. The SMILES string of the molecule is CN(Cc1cccc2ccccc12)C(=O)CCCN. The van der Waals surface area contributed by atoms with Crippen LogP contribution < -0.4 is 5.73 Å². The van der Waals surface area contributed by atoms with E-state index in [1.54, 1.807) is 4.90 Å². The Morgan fingerprint density at radius 2 is 1.89 bits per heavy atom. The molecule has 0 saturated heterocycles. The van der Waals surface area contributed by atoms with Crippen molar-refractivity contribution in [3.05, 3.63) is 48.0 Å². The zero-order valence-corrected chi connectivity index (χ0v) is 11.3. The lowest BCUT2D eigenvalue weighted by Crippen LogP contribution is -2.26. The summed E-state index contributed by atoms with van der Waals surface area (Å²) in [5.41, 5.74) is 6.62. The van der Waals surface area contributed by atoms with Crippen molar-refractivity contribution in [2.75, 3.05) is 13.6 Å². The summed E-state index contributed by atoms with van der Waals surface area (Å²) < 4.78 is 0. The third-order valence-corrected chi connectivity index (χ3v) is 3.31. The van der Waals surface area contributed by atoms with Gasteiger partial charge in [-0.1, -0.05) is 42.5 Å². The number of carbonyl (C=O) groups excluding carboxylic acids is 1. The Morgan fingerprint density at radius 1 is 1.16 bits per heavy atom. The molecule has 0 saturated carbocycles. The predicted molar refractivity (Wildman–Crippen MR) is 78.7 cm³/mol. The lowest BCUT2D eigenvalue weighted by molar-refractivity contribution is -0.130. The number of hydrogen-bond donors (Lipinski definition) is 1. The molecule has 0 unspecified atom stereocenters. The Labute approximate surface area is 114 Å². The highest BCUT2D eigenvalue weighted by atomic mass is 16.2. The first-order chi connectivity index (χ1) is 9.22. The van der Waals surface area contributed by atoms with E-state index in [1.165, 1.54) is 16.3 Å². The van der Waals surface area contributed by atoms with Gasteiger partial charge in [-0.2, -0.15) is 0 Å². The van der Waals surface area contributed by atoms with Gasteiger partial charge in [0.15, 0.2) is 0 Å². The van der Waals surface area contributed by atoms with E-state index in [9.17, 15) is 4.79 Å². The number of nitrogens with two attached hydrogens (primary N) is 1. The van der Waals surface area contributed by atoms with Gasteiger partial charge in [-0.25, -0.2) is 0 Å². The zero-order chi connectivity index (χ0) is 13.7. The smallest absolute Gasteiger partial charge is 0.222 e. The summed E-state index contributed by atoms with van der Waals surface area (Å²) >= 11 is 0. The first-order valence-electron chi connectivity index (χ1n) is 6.63. The van der Waals surface area contributed by atoms with Crippen LogP contribution in [0.25, 0.3) is 10.8 Å². The minimum atomic E-state index is 0.151. The van der Waals surface area contributed by atoms with Crippen LogP contribution in [0.3, 0.4) is 0 Å². The van der Waals surface area contributed by atoms with Crippen LogP contribution in [0.2, 0.25) is 0 Å². The molecule has 2 N–H and O–H groups in total. The minimum absolute atomic E-state index is 0.151. The molecule has 0 spiro atoms. The highest BCUT2D eigenvalue weighted by Crippen LogP contribution is 2.19. The van der Waals surface area contributed by atoms with Crippen molar-refractivity contribution < 1.29 is 4.79 Å². The van der Waals surface area contributed by atoms with E-state index in [1.807, 2.05) is 25.2 Å². The zero-order valence-electron chi connectivity index (χ0n) is 11.3. The largest absolute Gasteiger partial charge is 0.341 e. The Balaban J connectivity index is 2.15. The Bertz CT molecular complexity index is 560. The molecule has 2 rings (SSSR count). The van der Waals surface area contributed by atoms with Gasteiger partial charge >= 0.3 is 0 Å². The molecular weight excluding hydrogens is 236 g/mol. The maximum absolute atomic E-state index is 11.9. The lowest BCUT2D eigenvalue weighted by Gasteiger charge is -2.18. The molecule has 0 heterocycles. The molecule has 0 atom stereocenters. The fourth-order valence-electron chi connectivity index (χ4n) is 2.22. The highest BCUT2D eigenvalue weighted by Gasteiger charge is 2.10. The van der Waals surface area contributed by atoms with Crippen molar-refractivity contribution in [1.29, 1.82) is 0 Å². The molecule has 0 radical (unpaired) electrons. The molecule has 0 bridgehead atoms. The van der Waals surface area contributed by atoms with E-state index in [0.29, 0.717) is 19.5 Å². The summed E-state index contributed by atoms with van der Waals surface area (Å²) in [5.74, 6) is 0.151. The normalized spacial score (nSPS) is 10.6. The summed E-state index contributed by atoms with van der Waals surface area (Å²) in [6, 6.07) is 14.5. The molecule has 0 aliphatic carbocycles. The molecule has 2 aromatic carbocycles. The standard InChI is InChI=1S/C16H20N2O/c1-18(16(19)10-5-11-17)12-14-8-4-7-13-6-2-3-9-15(13)14/h2-4,6-9H,5,10-12,17H2,1H3. The van der Waals surface area contributed by atoms with E-state index in [-0.39, 0.29) is 5.91 Å². The second-order valence-corrected chi connectivity index (χ2v) is 4.78. The quantitative estimate of drug-likeness (QED) is 0.893. The van der Waals surface area contributed by atoms with Crippen LogP contribution in [0.1, 0.15) is 18.4 Å². The molecule has 0 aliphatic rings.